The van der Waals surface area contributed by atoms with Gasteiger partial charge in [-0.3, -0.25) is 9.80 Å². The summed E-state index contributed by atoms with van der Waals surface area (Å²) in [5.74, 6) is -0.353. The third-order valence-electron chi connectivity index (χ3n) is 5.08. The number of benzene rings is 1. The molecule has 1 aliphatic heterocycles. The molecule has 9 heteroatoms. The van der Waals surface area contributed by atoms with Gasteiger partial charge < -0.3 is 9.84 Å². The van der Waals surface area contributed by atoms with Crippen molar-refractivity contribution in [3.05, 3.63) is 41.7 Å². The number of fused-ring (bicyclic) bond motifs is 1. The maximum absolute atomic E-state index is 12.5. The molecule has 0 atom stereocenters. The second kappa shape index (κ2) is 9.00. The Morgan fingerprint density at radius 2 is 1.97 bits per heavy atom. The third kappa shape index (κ3) is 4.32. The lowest BCUT2D eigenvalue weighted by Gasteiger charge is -2.34. The smallest absolute Gasteiger partial charge is 0.341 e. The Morgan fingerprint density at radius 3 is 2.69 bits per heavy atom. The highest BCUT2D eigenvalue weighted by Gasteiger charge is 2.25. The van der Waals surface area contributed by atoms with Crippen molar-refractivity contribution in [1.29, 1.82) is 0 Å². The average Bonchev–Trinajstić information content (AvgIpc) is 3.33. The minimum atomic E-state index is -0.353. The lowest BCUT2D eigenvalue weighted by Crippen LogP contribution is -2.47. The fraction of sp³-hybridized carbons (Fsp3) is 0.450. The minimum Gasteiger partial charge on any atom is -0.462 e. The van der Waals surface area contributed by atoms with E-state index in [4.69, 9.17) is 14.8 Å². The summed E-state index contributed by atoms with van der Waals surface area (Å²) in [6.45, 7) is 7.12. The van der Waals surface area contributed by atoms with Gasteiger partial charge in [0.1, 0.15) is 5.56 Å². The number of carbonyl (C=O) groups is 1. The van der Waals surface area contributed by atoms with Gasteiger partial charge in [0.2, 0.25) is 5.13 Å². The van der Waals surface area contributed by atoms with Crippen LogP contribution in [0.2, 0.25) is 0 Å². The number of esters is 1. The number of para-hydroxylation sites is 1. The molecule has 8 nitrogen and oxygen atoms in total. The van der Waals surface area contributed by atoms with Crippen LogP contribution in [0.4, 0.5) is 0 Å². The lowest BCUT2D eigenvalue weighted by atomic mass is 10.2. The van der Waals surface area contributed by atoms with E-state index in [1.54, 1.807) is 29.1 Å². The van der Waals surface area contributed by atoms with Crippen LogP contribution in [0.1, 0.15) is 23.0 Å². The van der Waals surface area contributed by atoms with Crippen molar-refractivity contribution in [3.8, 4) is 5.13 Å². The quantitative estimate of drug-likeness (QED) is 0.589. The van der Waals surface area contributed by atoms with E-state index < -0.39 is 0 Å². The van der Waals surface area contributed by atoms with E-state index in [0.29, 0.717) is 25.3 Å². The summed E-state index contributed by atoms with van der Waals surface area (Å²) in [4.78, 5) is 21.8. The summed E-state index contributed by atoms with van der Waals surface area (Å²) >= 11 is 1.55. The molecular formula is C20H25N5O3S. The van der Waals surface area contributed by atoms with Gasteiger partial charge in [-0.1, -0.05) is 23.5 Å². The molecular weight excluding hydrogens is 390 g/mol. The first kappa shape index (κ1) is 20.0. The van der Waals surface area contributed by atoms with Gasteiger partial charge in [-0.15, -0.1) is 0 Å². The number of thiazole rings is 1. The van der Waals surface area contributed by atoms with Crippen LogP contribution in [0, 0.1) is 0 Å². The summed E-state index contributed by atoms with van der Waals surface area (Å²) in [6.07, 6.45) is 1.58. The molecule has 0 radical (unpaired) electrons. The zero-order chi connectivity index (χ0) is 20.2. The molecule has 0 saturated carbocycles. The highest BCUT2D eigenvalue weighted by Crippen LogP contribution is 2.27. The maximum atomic E-state index is 12.5. The second-order valence-electron chi connectivity index (χ2n) is 6.94. The van der Waals surface area contributed by atoms with Crippen molar-refractivity contribution in [2.75, 3.05) is 45.9 Å². The molecule has 3 heterocycles. The highest BCUT2D eigenvalue weighted by molar-refractivity contribution is 7.20. The first-order valence-electron chi connectivity index (χ1n) is 9.85. The number of rotatable bonds is 7. The van der Waals surface area contributed by atoms with Gasteiger partial charge in [-0.25, -0.2) is 14.5 Å². The Hall–Kier alpha value is -2.33. The number of hydrogen-bond acceptors (Lipinski definition) is 8. The van der Waals surface area contributed by atoms with E-state index in [2.05, 4.69) is 14.9 Å². The Labute approximate surface area is 173 Å². The predicted octanol–water partition coefficient (Wildman–Crippen LogP) is 1.77. The molecule has 0 amide bonds. The van der Waals surface area contributed by atoms with E-state index in [1.165, 1.54) is 0 Å². The van der Waals surface area contributed by atoms with Crippen molar-refractivity contribution < 1.29 is 14.6 Å². The van der Waals surface area contributed by atoms with E-state index in [9.17, 15) is 4.79 Å². The van der Waals surface area contributed by atoms with Crippen LogP contribution in [0.25, 0.3) is 15.3 Å². The van der Waals surface area contributed by atoms with Crippen molar-refractivity contribution >= 4 is 27.5 Å². The van der Waals surface area contributed by atoms with Crippen LogP contribution >= 0.6 is 11.3 Å². The first-order chi connectivity index (χ1) is 14.2. The fourth-order valence-corrected chi connectivity index (χ4v) is 4.49. The molecule has 1 aromatic carbocycles. The Bertz CT molecular complexity index is 945. The number of hydrogen-bond donors (Lipinski definition) is 1. The summed E-state index contributed by atoms with van der Waals surface area (Å²) in [5, 5.41) is 14.4. The standard InChI is InChI=1S/C20H25N5O3S/c1-2-28-19(27)15-13-21-25(20-22-16-5-3-4-6-18(16)29-20)17(15)14-24-9-7-23(8-10-24)11-12-26/h3-6,13,26H,2,7-12,14H2,1H3. The van der Waals surface area contributed by atoms with Crippen LogP contribution in [0.3, 0.4) is 0 Å². The first-order valence-corrected chi connectivity index (χ1v) is 10.7. The van der Waals surface area contributed by atoms with Gasteiger partial charge in [0.05, 0.1) is 35.3 Å². The van der Waals surface area contributed by atoms with Crippen molar-refractivity contribution in [1.82, 2.24) is 24.6 Å². The Balaban J connectivity index is 1.63. The summed E-state index contributed by atoms with van der Waals surface area (Å²) in [7, 11) is 0. The number of ether oxygens (including phenoxy) is 1. The molecule has 1 saturated heterocycles. The van der Waals surface area contributed by atoms with Crippen LogP contribution in [0.5, 0.6) is 0 Å². The van der Waals surface area contributed by atoms with E-state index in [-0.39, 0.29) is 12.6 Å². The van der Waals surface area contributed by atoms with E-state index >= 15 is 0 Å². The van der Waals surface area contributed by atoms with Gasteiger partial charge in [0, 0.05) is 39.3 Å². The number of carbonyl (C=O) groups excluding carboxylic acids is 1. The summed E-state index contributed by atoms with van der Waals surface area (Å²) in [5.41, 5.74) is 2.21. The van der Waals surface area contributed by atoms with Gasteiger partial charge >= 0.3 is 5.97 Å². The van der Waals surface area contributed by atoms with Crippen LogP contribution in [-0.4, -0.2) is 81.6 Å². The molecule has 2 aromatic heterocycles. The molecule has 0 bridgehead atoms. The third-order valence-corrected chi connectivity index (χ3v) is 6.09. The fourth-order valence-electron chi connectivity index (χ4n) is 3.55. The Kier molecular flexibility index (Phi) is 6.19. The largest absolute Gasteiger partial charge is 0.462 e. The van der Waals surface area contributed by atoms with Gasteiger partial charge in [0.25, 0.3) is 0 Å². The second-order valence-corrected chi connectivity index (χ2v) is 7.95. The number of aromatic nitrogens is 3. The van der Waals surface area contributed by atoms with Crippen molar-refractivity contribution in [2.24, 2.45) is 0 Å². The predicted molar refractivity (Wildman–Crippen MR) is 112 cm³/mol. The van der Waals surface area contributed by atoms with Gasteiger partial charge in [0.15, 0.2) is 0 Å². The van der Waals surface area contributed by atoms with Crippen molar-refractivity contribution in [3.63, 3.8) is 0 Å². The monoisotopic (exact) mass is 415 g/mol. The number of aliphatic hydroxyl groups excluding tert-OH is 1. The summed E-state index contributed by atoms with van der Waals surface area (Å²) in [6, 6.07) is 7.97. The van der Waals surface area contributed by atoms with Crippen LogP contribution in [0.15, 0.2) is 30.5 Å². The minimum absolute atomic E-state index is 0.178. The molecule has 29 heavy (non-hydrogen) atoms. The average molecular weight is 416 g/mol. The molecule has 0 spiro atoms. The van der Waals surface area contributed by atoms with E-state index in [1.807, 2.05) is 24.3 Å². The molecule has 154 valence electrons. The number of piperazine rings is 1. The Morgan fingerprint density at radius 1 is 1.21 bits per heavy atom. The number of aliphatic hydroxyl groups is 1. The SMILES string of the molecule is CCOC(=O)c1cnn(-c2nc3ccccc3s2)c1CN1CCN(CCO)CC1. The van der Waals surface area contributed by atoms with Crippen LogP contribution in [-0.2, 0) is 11.3 Å². The topological polar surface area (TPSA) is 83.7 Å². The molecule has 1 fully saturated rings. The zero-order valence-corrected chi connectivity index (χ0v) is 17.3. The molecule has 1 N–H and O–H groups in total. The number of β-amino-alcohol motifs (C(OH)–C–C–N with tert-alkyl or cyclic N) is 1. The van der Waals surface area contributed by atoms with Crippen molar-refractivity contribution in [2.45, 2.75) is 13.5 Å². The van der Waals surface area contributed by atoms with Gasteiger partial charge in [-0.05, 0) is 19.1 Å². The highest BCUT2D eigenvalue weighted by atomic mass is 32.1. The molecule has 0 aliphatic carbocycles. The normalized spacial score (nSPS) is 15.8. The van der Waals surface area contributed by atoms with E-state index in [0.717, 1.165) is 47.2 Å². The van der Waals surface area contributed by atoms with Crippen LogP contribution < -0.4 is 0 Å². The molecule has 1 aliphatic rings. The molecule has 0 unspecified atom stereocenters. The molecule has 4 rings (SSSR count). The summed E-state index contributed by atoms with van der Waals surface area (Å²) < 4.78 is 8.11. The van der Waals surface area contributed by atoms with Gasteiger partial charge in [-0.2, -0.15) is 5.10 Å². The maximum Gasteiger partial charge on any atom is 0.341 e. The lowest BCUT2D eigenvalue weighted by molar-refractivity contribution is 0.0522. The number of nitrogens with zero attached hydrogens (tertiary/aromatic N) is 5. The zero-order valence-electron chi connectivity index (χ0n) is 16.5. The molecule has 3 aromatic rings.